The van der Waals surface area contributed by atoms with E-state index in [1.54, 1.807) is 13.0 Å². The molecule has 1 spiro atoms. The number of carbonyl (C=O) groups excluding carboxylic acids is 1. The number of carboxylic acids is 1. The first-order chi connectivity index (χ1) is 19.6. The number of fused-ring (bicyclic) bond motifs is 7. The van der Waals surface area contributed by atoms with E-state index in [2.05, 4.69) is 47.6 Å². The van der Waals surface area contributed by atoms with Crippen molar-refractivity contribution in [2.24, 2.45) is 56.7 Å². The molecule has 5 aliphatic carbocycles. The topological polar surface area (TPSA) is 82.1 Å². The summed E-state index contributed by atoms with van der Waals surface area (Å²) >= 11 is 0. The van der Waals surface area contributed by atoms with Crippen molar-refractivity contribution in [1.29, 1.82) is 0 Å². The van der Waals surface area contributed by atoms with E-state index in [9.17, 15) is 14.7 Å². The van der Waals surface area contributed by atoms with Gasteiger partial charge in [0.1, 0.15) is 11.5 Å². The smallest absolute Gasteiger partial charge is 0.333 e. The number of carbonyl (C=O) groups is 2. The quantitative estimate of drug-likeness (QED) is 0.209. The van der Waals surface area contributed by atoms with Crippen LogP contribution in [0.15, 0.2) is 23.3 Å². The molecule has 0 aromatic carbocycles. The monoisotopic (exact) mass is 582 g/mol. The number of allylic oxidation sites excluding steroid dienone is 3. The lowest BCUT2D eigenvalue weighted by atomic mass is 9.32. The number of aliphatic carboxylic acids is 1. The average molecular weight is 583 g/mol. The third-order valence-electron chi connectivity index (χ3n) is 15.2. The van der Waals surface area contributed by atoms with Crippen molar-refractivity contribution >= 4 is 11.9 Å². The fourth-order valence-electron chi connectivity index (χ4n) is 12.2. The summed E-state index contributed by atoms with van der Waals surface area (Å²) < 4.78 is 19.0. The Bertz CT molecular complexity index is 1220. The Morgan fingerprint density at radius 2 is 1.76 bits per heavy atom. The van der Waals surface area contributed by atoms with Crippen LogP contribution in [0.2, 0.25) is 0 Å². The van der Waals surface area contributed by atoms with Crippen LogP contribution in [0.1, 0.15) is 107 Å². The highest BCUT2D eigenvalue weighted by atomic mass is 16.7. The number of methoxy groups -OCH3 is 1. The molecule has 0 radical (unpaired) electrons. The van der Waals surface area contributed by atoms with Gasteiger partial charge in [-0.25, -0.2) is 4.79 Å². The Hall–Kier alpha value is -1.66. The van der Waals surface area contributed by atoms with Gasteiger partial charge in [-0.05, 0) is 93.3 Å². The SMILES string of the molecule is CC=C(C)C(=O)OC1CC(C)C(C)C2C3=CCC4C56CCC(OC)(OC5)C(C)(C)C6CCC4(C)C3(C)CCC12C(=O)O. The highest BCUT2D eigenvalue weighted by Crippen LogP contribution is 2.78. The van der Waals surface area contributed by atoms with Gasteiger partial charge in [-0.15, -0.1) is 0 Å². The molecule has 7 aliphatic rings. The second kappa shape index (κ2) is 9.42. The van der Waals surface area contributed by atoms with Crippen molar-refractivity contribution in [2.75, 3.05) is 13.7 Å². The van der Waals surface area contributed by atoms with E-state index < -0.39 is 23.3 Å². The second-order valence-electron chi connectivity index (χ2n) is 16.3. The van der Waals surface area contributed by atoms with E-state index >= 15 is 0 Å². The van der Waals surface area contributed by atoms with Gasteiger partial charge in [-0.3, -0.25) is 4.79 Å². The maximum absolute atomic E-state index is 13.5. The zero-order chi connectivity index (χ0) is 30.7. The van der Waals surface area contributed by atoms with Crippen molar-refractivity contribution in [3.8, 4) is 0 Å². The van der Waals surface area contributed by atoms with Crippen LogP contribution in [0.3, 0.4) is 0 Å². The number of rotatable bonds is 4. The average Bonchev–Trinajstić information content (AvgIpc) is 2.95. The van der Waals surface area contributed by atoms with Gasteiger partial charge in [-0.1, -0.05) is 59.3 Å². The predicted octanol–water partition coefficient (Wildman–Crippen LogP) is 7.57. The molecule has 6 fully saturated rings. The molecule has 7 rings (SSSR count). The molecule has 0 aromatic rings. The maximum atomic E-state index is 13.5. The molecule has 0 aromatic heterocycles. The first-order valence-electron chi connectivity index (χ1n) is 16.6. The van der Waals surface area contributed by atoms with E-state index in [4.69, 9.17) is 14.2 Å². The highest BCUT2D eigenvalue weighted by molar-refractivity contribution is 5.88. The maximum Gasteiger partial charge on any atom is 0.333 e. The molecule has 2 heterocycles. The van der Waals surface area contributed by atoms with Crippen LogP contribution in [0.5, 0.6) is 0 Å². The number of hydrogen-bond donors (Lipinski definition) is 1. The molecule has 1 N–H and O–H groups in total. The van der Waals surface area contributed by atoms with Crippen molar-refractivity contribution in [3.05, 3.63) is 23.3 Å². The van der Waals surface area contributed by atoms with E-state index in [0.717, 1.165) is 45.1 Å². The van der Waals surface area contributed by atoms with Crippen LogP contribution in [0.4, 0.5) is 0 Å². The minimum absolute atomic E-state index is 0.0379. The van der Waals surface area contributed by atoms with Gasteiger partial charge >= 0.3 is 11.9 Å². The van der Waals surface area contributed by atoms with Gasteiger partial charge in [0.25, 0.3) is 0 Å². The first kappa shape index (κ1) is 30.4. The van der Waals surface area contributed by atoms with Crippen LogP contribution < -0.4 is 0 Å². The molecule has 11 unspecified atom stereocenters. The fraction of sp³-hybridized carbons (Fsp3) is 0.833. The Morgan fingerprint density at radius 1 is 1.05 bits per heavy atom. The minimum Gasteiger partial charge on any atom is -0.481 e. The molecule has 2 bridgehead atoms. The van der Waals surface area contributed by atoms with Gasteiger partial charge in [0, 0.05) is 35.9 Å². The van der Waals surface area contributed by atoms with Gasteiger partial charge in [-0.2, -0.15) is 0 Å². The molecule has 11 atom stereocenters. The number of carboxylic acid groups (broad SMARTS) is 1. The largest absolute Gasteiger partial charge is 0.481 e. The van der Waals surface area contributed by atoms with Crippen molar-refractivity contribution < 1.29 is 28.9 Å². The highest BCUT2D eigenvalue weighted by Gasteiger charge is 2.75. The fourth-order valence-corrected chi connectivity index (χ4v) is 12.2. The third kappa shape index (κ3) is 3.40. The molecule has 42 heavy (non-hydrogen) atoms. The molecule has 6 nitrogen and oxygen atoms in total. The van der Waals surface area contributed by atoms with E-state index in [0.29, 0.717) is 30.3 Å². The first-order valence-corrected chi connectivity index (χ1v) is 16.6. The van der Waals surface area contributed by atoms with E-state index in [1.165, 1.54) is 5.57 Å². The normalized spacial score (nSPS) is 50.9. The van der Waals surface area contributed by atoms with Gasteiger partial charge in [0.2, 0.25) is 0 Å². The second-order valence-corrected chi connectivity index (χ2v) is 16.3. The summed E-state index contributed by atoms with van der Waals surface area (Å²) in [6.07, 6.45) is 10.9. The molecule has 6 heteroatoms. The lowest BCUT2D eigenvalue weighted by molar-refractivity contribution is -0.402. The molecule has 0 amide bonds. The molecular weight excluding hydrogens is 528 g/mol. The van der Waals surface area contributed by atoms with Gasteiger partial charge in [0.05, 0.1) is 6.61 Å². The van der Waals surface area contributed by atoms with E-state index in [1.807, 2.05) is 14.0 Å². The van der Waals surface area contributed by atoms with Gasteiger partial charge in [0.15, 0.2) is 5.79 Å². The summed E-state index contributed by atoms with van der Waals surface area (Å²) in [5, 5.41) is 11.1. The lowest BCUT2D eigenvalue weighted by Gasteiger charge is -2.75. The van der Waals surface area contributed by atoms with Crippen molar-refractivity contribution in [3.63, 3.8) is 0 Å². The van der Waals surface area contributed by atoms with Crippen molar-refractivity contribution in [1.82, 2.24) is 0 Å². The van der Waals surface area contributed by atoms with Crippen LogP contribution in [0, 0.1) is 56.7 Å². The minimum atomic E-state index is -1.10. The summed E-state index contributed by atoms with van der Waals surface area (Å²) in [5.74, 6) is -0.376. The third-order valence-corrected chi connectivity index (χ3v) is 15.2. The summed E-state index contributed by atoms with van der Waals surface area (Å²) in [6.45, 7) is 18.5. The van der Waals surface area contributed by atoms with E-state index in [-0.39, 0.29) is 45.4 Å². The van der Waals surface area contributed by atoms with Crippen LogP contribution in [-0.4, -0.2) is 42.7 Å². The number of ether oxygens (including phenoxy) is 3. The number of hydrogen-bond acceptors (Lipinski definition) is 5. The summed E-state index contributed by atoms with van der Waals surface area (Å²) in [7, 11) is 1.82. The summed E-state index contributed by atoms with van der Waals surface area (Å²) in [5.41, 5.74) is 0.738. The zero-order valence-corrected chi connectivity index (χ0v) is 27.5. The lowest BCUT2D eigenvalue weighted by Crippen LogP contribution is -2.74. The predicted molar refractivity (Wildman–Crippen MR) is 161 cm³/mol. The van der Waals surface area contributed by atoms with Gasteiger partial charge < -0.3 is 19.3 Å². The Morgan fingerprint density at radius 3 is 2.36 bits per heavy atom. The molecule has 4 saturated carbocycles. The Balaban J connectivity index is 1.44. The molecular formula is C36H54O6. The zero-order valence-electron chi connectivity index (χ0n) is 27.5. The van der Waals surface area contributed by atoms with Crippen LogP contribution >= 0.6 is 0 Å². The van der Waals surface area contributed by atoms with Crippen LogP contribution in [0.25, 0.3) is 0 Å². The molecule has 2 saturated heterocycles. The Labute approximate surface area is 253 Å². The van der Waals surface area contributed by atoms with Crippen molar-refractivity contribution in [2.45, 2.75) is 119 Å². The standard InChI is InChI=1S/C36H54O6/c1-10-21(2)29(37)42-27-19-22(3)23(4)28-24-11-12-26-33(8,32(24,7)15-17-35(27,28)30(38)39)14-13-25-31(5,6)36(40-9)18-16-34(25,26)20-41-36/h10-11,22-23,25-28H,12-20H2,1-9H3,(H,38,39). The number of esters is 1. The Kier molecular flexibility index (Phi) is 6.81. The van der Waals surface area contributed by atoms with Crippen LogP contribution in [-0.2, 0) is 23.8 Å². The summed E-state index contributed by atoms with van der Waals surface area (Å²) in [4.78, 5) is 26.5. The summed E-state index contributed by atoms with van der Waals surface area (Å²) in [6, 6.07) is 0. The molecule has 234 valence electrons. The molecule has 2 aliphatic heterocycles.